The highest BCUT2D eigenvalue weighted by Crippen LogP contribution is 2.13. The fourth-order valence-electron chi connectivity index (χ4n) is 1.40. The predicted molar refractivity (Wildman–Crippen MR) is 68.9 cm³/mol. The molecular formula is C13H20OS. The summed E-state index contributed by atoms with van der Waals surface area (Å²) < 4.78 is 5.62. The molecule has 0 amide bonds. The molecule has 0 atom stereocenters. The SMILES string of the molecule is CCCc1ccc(OCCSCC)cc1. The minimum atomic E-state index is 0.811. The van der Waals surface area contributed by atoms with E-state index in [1.165, 1.54) is 17.7 Å². The lowest BCUT2D eigenvalue weighted by atomic mass is 10.1. The van der Waals surface area contributed by atoms with Gasteiger partial charge in [-0.05, 0) is 29.9 Å². The molecule has 0 saturated heterocycles. The predicted octanol–water partition coefficient (Wildman–Crippen LogP) is 3.77. The summed E-state index contributed by atoms with van der Waals surface area (Å²) in [6, 6.07) is 8.46. The van der Waals surface area contributed by atoms with E-state index in [2.05, 4.69) is 38.1 Å². The third-order valence-corrected chi connectivity index (χ3v) is 3.03. The molecule has 1 aromatic rings. The molecule has 0 aliphatic carbocycles. The van der Waals surface area contributed by atoms with Crippen LogP contribution in [-0.2, 0) is 6.42 Å². The Kier molecular flexibility index (Phi) is 6.33. The van der Waals surface area contributed by atoms with Crippen molar-refractivity contribution >= 4 is 11.8 Å². The number of aryl methyl sites for hydroxylation is 1. The average molecular weight is 224 g/mol. The van der Waals surface area contributed by atoms with Crippen molar-refractivity contribution in [2.24, 2.45) is 0 Å². The molecule has 0 radical (unpaired) electrons. The Morgan fingerprint density at radius 3 is 2.47 bits per heavy atom. The van der Waals surface area contributed by atoms with Crippen LogP contribution in [0.15, 0.2) is 24.3 Å². The zero-order chi connectivity index (χ0) is 10.9. The third kappa shape index (κ3) is 5.12. The Labute approximate surface area is 97.2 Å². The number of hydrogen-bond acceptors (Lipinski definition) is 2. The van der Waals surface area contributed by atoms with Gasteiger partial charge in [0.05, 0.1) is 6.61 Å². The quantitative estimate of drug-likeness (QED) is 0.652. The number of hydrogen-bond donors (Lipinski definition) is 0. The first-order chi connectivity index (χ1) is 7.36. The van der Waals surface area contributed by atoms with Gasteiger partial charge in [0.15, 0.2) is 0 Å². The summed E-state index contributed by atoms with van der Waals surface area (Å²) in [5, 5.41) is 0. The zero-order valence-electron chi connectivity index (χ0n) is 9.66. The fourth-order valence-corrected chi connectivity index (χ4v) is 1.89. The molecule has 0 saturated carbocycles. The van der Waals surface area contributed by atoms with Crippen LogP contribution >= 0.6 is 11.8 Å². The molecule has 0 aromatic heterocycles. The van der Waals surface area contributed by atoms with Crippen molar-refractivity contribution in [2.75, 3.05) is 18.1 Å². The highest BCUT2D eigenvalue weighted by atomic mass is 32.2. The maximum atomic E-state index is 5.62. The van der Waals surface area contributed by atoms with Crippen LogP contribution in [0.1, 0.15) is 25.8 Å². The van der Waals surface area contributed by atoms with Gasteiger partial charge in [-0.2, -0.15) is 11.8 Å². The lowest BCUT2D eigenvalue weighted by Gasteiger charge is -2.06. The number of ether oxygens (including phenoxy) is 1. The van der Waals surface area contributed by atoms with Gasteiger partial charge < -0.3 is 4.74 Å². The number of benzene rings is 1. The van der Waals surface area contributed by atoms with Gasteiger partial charge in [0.1, 0.15) is 5.75 Å². The van der Waals surface area contributed by atoms with Gasteiger partial charge in [-0.25, -0.2) is 0 Å². The molecule has 0 bridgehead atoms. The topological polar surface area (TPSA) is 9.23 Å². The van der Waals surface area contributed by atoms with Gasteiger partial charge in [0, 0.05) is 5.75 Å². The molecular weight excluding hydrogens is 204 g/mol. The van der Waals surface area contributed by atoms with Gasteiger partial charge in [0.25, 0.3) is 0 Å². The van der Waals surface area contributed by atoms with Crippen LogP contribution in [0, 0.1) is 0 Å². The standard InChI is InChI=1S/C13H20OS/c1-3-5-12-6-8-13(9-7-12)14-10-11-15-4-2/h6-9H,3-5,10-11H2,1-2H3. The van der Waals surface area contributed by atoms with E-state index in [0.29, 0.717) is 0 Å². The summed E-state index contributed by atoms with van der Waals surface area (Å²) in [5.41, 5.74) is 1.40. The lowest BCUT2D eigenvalue weighted by molar-refractivity contribution is 0.344. The van der Waals surface area contributed by atoms with E-state index in [4.69, 9.17) is 4.74 Å². The molecule has 0 spiro atoms. The Balaban J connectivity index is 2.29. The molecule has 0 aliphatic rings. The molecule has 1 rings (SSSR count). The minimum absolute atomic E-state index is 0.811. The van der Waals surface area contributed by atoms with E-state index in [1.54, 1.807) is 0 Å². The second kappa shape index (κ2) is 7.63. The Hall–Kier alpha value is -0.630. The molecule has 1 aromatic carbocycles. The largest absolute Gasteiger partial charge is 0.493 e. The van der Waals surface area contributed by atoms with Crippen LogP contribution in [0.5, 0.6) is 5.75 Å². The molecule has 15 heavy (non-hydrogen) atoms. The molecule has 1 nitrogen and oxygen atoms in total. The summed E-state index contributed by atoms with van der Waals surface area (Å²) in [7, 11) is 0. The molecule has 84 valence electrons. The van der Waals surface area contributed by atoms with Gasteiger partial charge in [-0.3, -0.25) is 0 Å². The van der Waals surface area contributed by atoms with Crippen LogP contribution in [0.4, 0.5) is 0 Å². The summed E-state index contributed by atoms with van der Waals surface area (Å²) >= 11 is 1.91. The van der Waals surface area contributed by atoms with E-state index < -0.39 is 0 Å². The Morgan fingerprint density at radius 1 is 1.13 bits per heavy atom. The van der Waals surface area contributed by atoms with Crippen molar-refractivity contribution < 1.29 is 4.74 Å². The van der Waals surface area contributed by atoms with Gasteiger partial charge in [-0.1, -0.05) is 32.4 Å². The molecule has 2 heteroatoms. The van der Waals surface area contributed by atoms with Crippen molar-refractivity contribution in [1.29, 1.82) is 0 Å². The lowest BCUT2D eigenvalue weighted by Crippen LogP contribution is -2.00. The number of thioether (sulfide) groups is 1. The van der Waals surface area contributed by atoms with Crippen LogP contribution in [0.25, 0.3) is 0 Å². The molecule has 0 aliphatic heterocycles. The maximum Gasteiger partial charge on any atom is 0.119 e. The fraction of sp³-hybridized carbons (Fsp3) is 0.538. The first-order valence-electron chi connectivity index (χ1n) is 5.66. The third-order valence-electron chi connectivity index (χ3n) is 2.16. The van der Waals surface area contributed by atoms with Gasteiger partial charge >= 0.3 is 0 Å². The first-order valence-corrected chi connectivity index (χ1v) is 6.81. The van der Waals surface area contributed by atoms with E-state index in [-0.39, 0.29) is 0 Å². The van der Waals surface area contributed by atoms with Crippen LogP contribution < -0.4 is 4.74 Å². The summed E-state index contributed by atoms with van der Waals surface area (Å²) in [4.78, 5) is 0. The Morgan fingerprint density at radius 2 is 1.87 bits per heavy atom. The van der Waals surface area contributed by atoms with Gasteiger partial charge in [-0.15, -0.1) is 0 Å². The smallest absolute Gasteiger partial charge is 0.119 e. The number of rotatable bonds is 7. The normalized spacial score (nSPS) is 10.3. The Bertz CT molecular complexity index is 256. The highest BCUT2D eigenvalue weighted by Gasteiger charge is 1.94. The second-order valence-electron chi connectivity index (χ2n) is 3.44. The van der Waals surface area contributed by atoms with E-state index >= 15 is 0 Å². The van der Waals surface area contributed by atoms with E-state index in [9.17, 15) is 0 Å². The molecule has 0 heterocycles. The molecule has 0 unspecified atom stereocenters. The summed E-state index contributed by atoms with van der Waals surface area (Å²) in [6.45, 7) is 5.18. The minimum Gasteiger partial charge on any atom is -0.493 e. The van der Waals surface area contributed by atoms with E-state index in [0.717, 1.165) is 24.5 Å². The second-order valence-corrected chi connectivity index (χ2v) is 4.83. The van der Waals surface area contributed by atoms with E-state index in [1.807, 2.05) is 11.8 Å². The monoisotopic (exact) mass is 224 g/mol. The van der Waals surface area contributed by atoms with Crippen LogP contribution in [-0.4, -0.2) is 18.1 Å². The summed E-state index contributed by atoms with van der Waals surface area (Å²) in [5.74, 6) is 3.23. The molecule has 0 N–H and O–H groups in total. The zero-order valence-corrected chi connectivity index (χ0v) is 10.5. The van der Waals surface area contributed by atoms with Crippen molar-refractivity contribution in [1.82, 2.24) is 0 Å². The van der Waals surface area contributed by atoms with Crippen molar-refractivity contribution in [3.05, 3.63) is 29.8 Å². The summed E-state index contributed by atoms with van der Waals surface area (Å²) in [6.07, 6.45) is 2.36. The van der Waals surface area contributed by atoms with Crippen molar-refractivity contribution in [3.63, 3.8) is 0 Å². The first kappa shape index (κ1) is 12.4. The average Bonchev–Trinajstić information content (AvgIpc) is 2.27. The highest BCUT2D eigenvalue weighted by molar-refractivity contribution is 7.99. The molecule has 0 fully saturated rings. The van der Waals surface area contributed by atoms with Crippen molar-refractivity contribution in [2.45, 2.75) is 26.7 Å². The maximum absolute atomic E-state index is 5.62. The van der Waals surface area contributed by atoms with Gasteiger partial charge in [0.2, 0.25) is 0 Å². The van der Waals surface area contributed by atoms with Crippen molar-refractivity contribution in [3.8, 4) is 5.75 Å². The van der Waals surface area contributed by atoms with Crippen LogP contribution in [0.3, 0.4) is 0 Å². The van der Waals surface area contributed by atoms with Crippen LogP contribution in [0.2, 0.25) is 0 Å².